The van der Waals surface area contributed by atoms with Crippen LogP contribution in [0.5, 0.6) is 0 Å². The number of hydrogen-bond acceptors (Lipinski definition) is 4. The Morgan fingerprint density at radius 3 is 2.17 bits per heavy atom. The number of methoxy groups -OCH3 is 1. The predicted octanol–water partition coefficient (Wildman–Crippen LogP) is 2.03. The third-order valence-corrected chi connectivity index (χ3v) is 6.09. The summed E-state index contributed by atoms with van der Waals surface area (Å²) in [6.07, 6.45) is 2.54. The molecule has 1 rings (SSSR count). The lowest BCUT2D eigenvalue weighted by Gasteiger charge is -2.31. The highest BCUT2D eigenvalue weighted by atomic mass is 32.2. The van der Waals surface area contributed by atoms with Crippen LogP contribution in [0.2, 0.25) is 0 Å². The van der Waals surface area contributed by atoms with Gasteiger partial charge in [-0.1, -0.05) is 20.8 Å². The fraction of sp³-hybridized carbons (Fsp3) is 0.923. The van der Waals surface area contributed by atoms with Crippen molar-refractivity contribution in [1.82, 2.24) is 0 Å². The standard InChI is InChI=1S/C13H24O4S/c1-9-5-10(2)7-12(6-9)18(15,16)8-11(3)13(14)17-4/h9-12H,5-8H2,1-4H3. The molecule has 3 unspecified atom stereocenters. The molecule has 0 aliphatic heterocycles. The number of hydrogen-bond donors (Lipinski definition) is 0. The van der Waals surface area contributed by atoms with Crippen LogP contribution >= 0.6 is 0 Å². The van der Waals surface area contributed by atoms with E-state index in [2.05, 4.69) is 18.6 Å². The van der Waals surface area contributed by atoms with Gasteiger partial charge in [-0.2, -0.15) is 0 Å². The molecule has 0 heterocycles. The van der Waals surface area contributed by atoms with Crippen LogP contribution in [0.15, 0.2) is 0 Å². The second-order valence-corrected chi connectivity index (χ2v) is 8.12. The molecule has 0 aromatic carbocycles. The second-order valence-electron chi connectivity index (χ2n) is 5.79. The zero-order valence-electron chi connectivity index (χ0n) is 11.7. The first-order valence-corrected chi connectivity index (χ1v) is 8.27. The molecule has 18 heavy (non-hydrogen) atoms. The summed E-state index contributed by atoms with van der Waals surface area (Å²) in [5, 5.41) is -0.289. The Hall–Kier alpha value is -0.580. The van der Waals surface area contributed by atoms with Crippen molar-refractivity contribution in [1.29, 1.82) is 0 Å². The van der Waals surface area contributed by atoms with E-state index in [-0.39, 0.29) is 11.0 Å². The molecule has 0 aromatic heterocycles. The number of carbonyl (C=O) groups is 1. The normalized spacial score (nSPS) is 30.8. The lowest BCUT2D eigenvalue weighted by Crippen LogP contribution is -2.35. The highest BCUT2D eigenvalue weighted by Crippen LogP contribution is 2.33. The molecule has 1 aliphatic rings. The zero-order valence-corrected chi connectivity index (χ0v) is 12.5. The van der Waals surface area contributed by atoms with Gasteiger partial charge in [0.25, 0.3) is 0 Å². The van der Waals surface area contributed by atoms with E-state index >= 15 is 0 Å². The Bertz CT molecular complexity index is 378. The Balaban J connectivity index is 2.71. The minimum absolute atomic E-state index is 0.0935. The van der Waals surface area contributed by atoms with Gasteiger partial charge in [-0.3, -0.25) is 4.79 Å². The molecule has 106 valence electrons. The molecule has 0 amide bonds. The van der Waals surface area contributed by atoms with Crippen molar-refractivity contribution in [3.63, 3.8) is 0 Å². The van der Waals surface area contributed by atoms with E-state index in [4.69, 9.17) is 0 Å². The van der Waals surface area contributed by atoms with E-state index in [1.165, 1.54) is 7.11 Å². The van der Waals surface area contributed by atoms with E-state index < -0.39 is 21.7 Å². The maximum Gasteiger partial charge on any atom is 0.309 e. The molecule has 0 aromatic rings. The summed E-state index contributed by atoms with van der Waals surface area (Å²) < 4.78 is 29.2. The van der Waals surface area contributed by atoms with Gasteiger partial charge >= 0.3 is 5.97 Å². The van der Waals surface area contributed by atoms with E-state index in [9.17, 15) is 13.2 Å². The van der Waals surface area contributed by atoms with Crippen molar-refractivity contribution in [2.45, 2.75) is 45.3 Å². The highest BCUT2D eigenvalue weighted by molar-refractivity contribution is 7.92. The molecule has 1 aliphatic carbocycles. The molecule has 1 fully saturated rings. The fourth-order valence-corrected chi connectivity index (χ4v) is 5.27. The van der Waals surface area contributed by atoms with Crippen molar-refractivity contribution in [2.24, 2.45) is 17.8 Å². The molecule has 0 saturated heterocycles. The fourth-order valence-electron chi connectivity index (χ4n) is 2.92. The molecule has 4 nitrogen and oxygen atoms in total. The van der Waals surface area contributed by atoms with Gasteiger partial charge in [-0.25, -0.2) is 8.42 Å². The number of sulfone groups is 1. The van der Waals surface area contributed by atoms with Crippen molar-refractivity contribution in [2.75, 3.05) is 12.9 Å². The summed E-state index contributed by atoms with van der Waals surface area (Å²) >= 11 is 0. The van der Waals surface area contributed by atoms with Crippen LogP contribution < -0.4 is 0 Å². The molecule has 0 radical (unpaired) electrons. The van der Waals surface area contributed by atoms with E-state index in [1.807, 2.05) is 0 Å². The molecule has 0 spiro atoms. The molecular formula is C13H24O4S. The summed E-state index contributed by atoms with van der Waals surface area (Å²) in [5.74, 6) is -0.226. The quantitative estimate of drug-likeness (QED) is 0.737. The van der Waals surface area contributed by atoms with Crippen LogP contribution in [0.25, 0.3) is 0 Å². The largest absolute Gasteiger partial charge is 0.469 e. The van der Waals surface area contributed by atoms with Crippen molar-refractivity contribution in [3.8, 4) is 0 Å². The first-order chi connectivity index (χ1) is 8.26. The number of esters is 1. The summed E-state index contributed by atoms with van der Waals surface area (Å²) in [7, 11) is -1.92. The van der Waals surface area contributed by atoms with Gasteiger partial charge in [0.2, 0.25) is 0 Å². The zero-order chi connectivity index (χ0) is 13.9. The number of carbonyl (C=O) groups excluding carboxylic acids is 1. The number of rotatable bonds is 4. The van der Waals surface area contributed by atoms with Crippen LogP contribution in [-0.4, -0.2) is 32.5 Å². The first-order valence-electron chi connectivity index (χ1n) is 6.55. The van der Waals surface area contributed by atoms with E-state index in [1.54, 1.807) is 6.92 Å². The van der Waals surface area contributed by atoms with Gasteiger partial charge < -0.3 is 4.74 Å². The van der Waals surface area contributed by atoms with Gasteiger partial charge in [0.1, 0.15) is 0 Å². The first kappa shape index (κ1) is 15.5. The Labute approximate surface area is 110 Å². The Kier molecular flexibility index (Phi) is 5.20. The van der Waals surface area contributed by atoms with Gasteiger partial charge in [0, 0.05) is 0 Å². The van der Waals surface area contributed by atoms with Crippen molar-refractivity contribution >= 4 is 15.8 Å². The molecule has 0 bridgehead atoms. The summed E-state index contributed by atoms with van der Waals surface area (Å²) in [4.78, 5) is 11.3. The maximum atomic E-state index is 12.3. The maximum absolute atomic E-state index is 12.3. The summed E-state index contributed by atoms with van der Waals surface area (Å²) in [5.41, 5.74) is 0. The molecule has 5 heteroatoms. The smallest absolute Gasteiger partial charge is 0.309 e. The minimum atomic E-state index is -3.20. The topological polar surface area (TPSA) is 60.4 Å². The Morgan fingerprint density at radius 1 is 1.22 bits per heavy atom. The van der Waals surface area contributed by atoms with Crippen molar-refractivity contribution < 1.29 is 17.9 Å². The molecule has 3 atom stereocenters. The van der Waals surface area contributed by atoms with Gasteiger partial charge in [-0.15, -0.1) is 0 Å². The third-order valence-electron chi connectivity index (χ3n) is 3.73. The molecule has 0 N–H and O–H groups in total. The third kappa shape index (κ3) is 3.97. The second kappa shape index (κ2) is 6.04. The van der Waals surface area contributed by atoms with Crippen LogP contribution in [0.3, 0.4) is 0 Å². The van der Waals surface area contributed by atoms with Crippen LogP contribution in [0.1, 0.15) is 40.0 Å². The average Bonchev–Trinajstić information content (AvgIpc) is 2.26. The van der Waals surface area contributed by atoms with Crippen LogP contribution in [0.4, 0.5) is 0 Å². The molecular weight excluding hydrogens is 252 g/mol. The van der Waals surface area contributed by atoms with Crippen LogP contribution in [0, 0.1) is 17.8 Å². The SMILES string of the molecule is COC(=O)C(C)CS(=O)(=O)C1CC(C)CC(C)C1. The van der Waals surface area contributed by atoms with E-state index in [0.717, 1.165) is 19.3 Å². The lowest BCUT2D eigenvalue weighted by molar-refractivity contribution is -0.144. The molecule has 1 saturated carbocycles. The highest BCUT2D eigenvalue weighted by Gasteiger charge is 2.35. The van der Waals surface area contributed by atoms with Gasteiger partial charge in [-0.05, 0) is 31.1 Å². The predicted molar refractivity (Wildman–Crippen MR) is 70.9 cm³/mol. The summed E-state index contributed by atoms with van der Waals surface area (Å²) in [6.45, 7) is 5.81. The monoisotopic (exact) mass is 276 g/mol. The minimum Gasteiger partial charge on any atom is -0.469 e. The average molecular weight is 276 g/mol. The van der Waals surface area contributed by atoms with E-state index in [0.29, 0.717) is 11.8 Å². The van der Waals surface area contributed by atoms with Crippen LogP contribution in [-0.2, 0) is 19.4 Å². The summed E-state index contributed by atoms with van der Waals surface area (Å²) in [6, 6.07) is 0. The number of ether oxygens (including phenoxy) is 1. The van der Waals surface area contributed by atoms with Gasteiger partial charge in [0.15, 0.2) is 9.84 Å². The lowest BCUT2D eigenvalue weighted by atomic mass is 9.83. The Morgan fingerprint density at radius 2 is 1.72 bits per heavy atom. The van der Waals surface area contributed by atoms with Gasteiger partial charge in [0.05, 0.1) is 24.0 Å². The van der Waals surface area contributed by atoms with Crippen molar-refractivity contribution in [3.05, 3.63) is 0 Å².